The summed E-state index contributed by atoms with van der Waals surface area (Å²) in [5.74, 6) is -0.0564. The molecule has 1 fully saturated rings. The van der Waals surface area contributed by atoms with E-state index in [0.717, 1.165) is 6.54 Å². The first-order valence-electron chi connectivity index (χ1n) is 4.73. The minimum Gasteiger partial charge on any atom is -0.347 e. The van der Waals surface area contributed by atoms with Crippen LogP contribution in [0.4, 0.5) is 0 Å². The van der Waals surface area contributed by atoms with Gasteiger partial charge in [0.15, 0.2) is 0 Å². The summed E-state index contributed by atoms with van der Waals surface area (Å²) in [6, 6.07) is -0.337. The van der Waals surface area contributed by atoms with Gasteiger partial charge in [0, 0.05) is 40.7 Å². The quantitative estimate of drug-likeness (QED) is 0.715. The van der Waals surface area contributed by atoms with Crippen LogP contribution in [0.15, 0.2) is 0 Å². The van der Waals surface area contributed by atoms with Gasteiger partial charge in [-0.2, -0.15) is 0 Å². The lowest BCUT2D eigenvalue weighted by Crippen LogP contribution is -2.58. The van der Waals surface area contributed by atoms with Crippen molar-refractivity contribution in [3.05, 3.63) is 0 Å². The number of hydrogen-bond acceptors (Lipinski definition) is 3. The predicted molar refractivity (Wildman–Crippen MR) is 67.2 cm³/mol. The Morgan fingerprint density at radius 1 is 1.31 bits per heavy atom. The SMILES string of the molecule is CC(=O)N1CCNCC1C(=O)N(C)C.Cl.Cl. The van der Waals surface area contributed by atoms with Crippen LogP contribution in [0, 0.1) is 0 Å². The number of piperazine rings is 1. The molecule has 0 aromatic carbocycles. The van der Waals surface area contributed by atoms with Crippen LogP contribution < -0.4 is 5.32 Å². The predicted octanol–water partition coefficient (Wildman–Crippen LogP) is -0.262. The van der Waals surface area contributed by atoms with Crippen molar-refractivity contribution in [3.63, 3.8) is 0 Å². The van der Waals surface area contributed by atoms with E-state index in [2.05, 4.69) is 5.32 Å². The monoisotopic (exact) mass is 271 g/mol. The van der Waals surface area contributed by atoms with E-state index in [0.29, 0.717) is 13.1 Å². The van der Waals surface area contributed by atoms with Gasteiger partial charge in [-0.1, -0.05) is 0 Å². The summed E-state index contributed by atoms with van der Waals surface area (Å²) < 4.78 is 0. The molecule has 1 aliphatic heterocycles. The molecule has 7 heteroatoms. The molecule has 1 N–H and O–H groups in total. The highest BCUT2D eigenvalue weighted by molar-refractivity contribution is 5.87. The summed E-state index contributed by atoms with van der Waals surface area (Å²) in [5, 5.41) is 3.11. The molecular weight excluding hydrogens is 253 g/mol. The number of hydrogen-bond donors (Lipinski definition) is 1. The highest BCUT2D eigenvalue weighted by Crippen LogP contribution is 2.05. The average molecular weight is 272 g/mol. The number of amides is 2. The Balaban J connectivity index is 0. The Kier molecular flexibility index (Phi) is 8.60. The first kappa shape index (κ1) is 17.9. The number of rotatable bonds is 1. The van der Waals surface area contributed by atoms with E-state index in [4.69, 9.17) is 0 Å². The summed E-state index contributed by atoms with van der Waals surface area (Å²) in [7, 11) is 3.41. The van der Waals surface area contributed by atoms with Crippen molar-refractivity contribution in [2.75, 3.05) is 33.7 Å². The molecular formula is C9H19Cl2N3O2. The molecule has 1 rings (SSSR count). The second-order valence-corrected chi connectivity index (χ2v) is 3.66. The molecule has 2 amide bonds. The number of carbonyl (C=O) groups is 2. The minimum absolute atomic E-state index is 0. The molecule has 1 aliphatic rings. The van der Waals surface area contributed by atoms with Gasteiger partial charge < -0.3 is 15.1 Å². The second kappa shape index (κ2) is 7.70. The zero-order valence-electron chi connectivity index (χ0n) is 9.73. The summed E-state index contributed by atoms with van der Waals surface area (Å²) in [6.45, 7) is 3.42. The van der Waals surface area contributed by atoms with E-state index in [1.807, 2.05) is 0 Å². The Labute approximate surface area is 108 Å². The number of carbonyl (C=O) groups excluding carboxylic acids is 2. The zero-order chi connectivity index (χ0) is 10.7. The minimum atomic E-state index is -0.337. The fraction of sp³-hybridized carbons (Fsp3) is 0.778. The van der Waals surface area contributed by atoms with Gasteiger partial charge in [0.2, 0.25) is 11.8 Å². The smallest absolute Gasteiger partial charge is 0.246 e. The van der Waals surface area contributed by atoms with Gasteiger partial charge in [-0.15, -0.1) is 24.8 Å². The van der Waals surface area contributed by atoms with Crippen molar-refractivity contribution in [2.24, 2.45) is 0 Å². The molecule has 0 spiro atoms. The molecule has 1 unspecified atom stereocenters. The summed E-state index contributed by atoms with van der Waals surface area (Å²) in [6.07, 6.45) is 0. The van der Waals surface area contributed by atoms with E-state index >= 15 is 0 Å². The van der Waals surface area contributed by atoms with Gasteiger partial charge in [-0.3, -0.25) is 9.59 Å². The highest BCUT2D eigenvalue weighted by Gasteiger charge is 2.30. The van der Waals surface area contributed by atoms with Crippen molar-refractivity contribution in [1.82, 2.24) is 15.1 Å². The van der Waals surface area contributed by atoms with Gasteiger partial charge in [-0.05, 0) is 0 Å². The Morgan fingerprint density at radius 2 is 1.88 bits per heavy atom. The lowest BCUT2D eigenvalue weighted by atomic mass is 10.1. The van der Waals surface area contributed by atoms with Crippen LogP contribution in [-0.4, -0.2) is 61.4 Å². The molecule has 5 nitrogen and oxygen atoms in total. The molecule has 96 valence electrons. The maximum absolute atomic E-state index is 11.7. The van der Waals surface area contributed by atoms with Gasteiger partial charge in [0.05, 0.1) is 0 Å². The van der Waals surface area contributed by atoms with Crippen molar-refractivity contribution in [1.29, 1.82) is 0 Å². The van der Waals surface area contributed by atoms with Crippen LogP contribution in [0.5, 0.6) is 0 Å². The van der Waals surface area contributed by atoms with Crippen LogP contribution in [0.25, 0.3) is 0 Å². The van der Waals surface area contributed by atoms with Gasteiger partial charge in [0.25, 0.3) is 0 Å². The van der Waals surface area contributed by atoms with E-state index in [1.165, 1.54) is 11.8 Å². The Morgan fingerprint density at radius 3 is 2.31 bits per heavy atom. The maximum Gasteiger partial charge on any atom is 0.246 e. The first-order valence-corrected chi connectivity index (χ1v) is 4.73. The standard InChI is InChI=1S/C9H17N3O2.2ClH/c1-7(13)12-5-4-10-6-8(12)9(14)11(2)3;;/h8,10H,4-6H2,1-3H3;2*1H. The van der Waals surface area contributed by atoms with Crippen molar-refractivity contribution in [2.45, 2.75) is 13.0 Å². The average Bonchev–Trinajstić information content (AvgIpc) is 2.16. The van der Waals surface area contributed by atoms with Crippen LogP contribution in [0.1, 0.15) is 6.92 Å². The molecule has 1 atom stereocenters. The summed E-state index contributed by atoms with van der Waals surface area (Å²) in [4.78, 5) is 26.1. The van der Waals surface area contributed by atoms with Gasteiger partial charge in [-0.25, -0.2) is 0 Å². The molecule has 0 aromatic heterocycles. The van der Waals surface area contributed by atoms with E-state index < -0.39 is 0 Å². The Bertz CT molecular complexity index is 249. The molecule has 16 heavy (non-hydrogen) atoms. The highest BCUT2D eigenvalue weighted by atomic mass is 35.5. The number of likely N-dealkylation sites (N-methyl/N-ethyl adjacent to an activating group) is 1. The largest absolute Gasteiger partial charge is 0.347 e. The van der Waals surface area contributed by atoms with E-state index in [1.54, 1.807) is 19.0 Å². The Hall–Kier alpha value is -0.520. The molecule has 0 radical (unpaired) electrons. The van der Waals surface area contributed by atoms with Crippen molar-refractivity contribution < 1.29 is 9.59 Å². The van der Waals surface area contributed by atoms with Crippen LogP contribution in [0.2, 0.25) is 0 Å². The second-order valence-electron chi connectivity index (χ2n) is 3.66. The number of nitrogens with zero attached hydrogens (tertiary/aromatic N) is 2. The van der Waals surface area contributed by atoms with Crippen molar-refractivity contribution >= 4 is 36.6 Å². The molecule has 0 bridgehead atoms. The molecule has 0 aliphatic carbocycles. The van der Waals surface area contributed by atoms with Crippen LogP contribution in [0.3, 0.4) is 0 Å². The third-order valence-corrected chi connectivity index (χ3v) is 2.37. The van der Waals surface area contributed by atoms with Gasteiger partial charge in [0.1, 0.15) is 6.04 Å². The molecule has 0 saturated carbocycles. The third kappa shape index (κ3) is 4.15. The summed E-state index contributed by atoms with van der Waals surface area (Å²) in [5.41, 5.74) is 0. The maximum atomic E-state index is 11.7. The fourth-order valence-corrected chi connectivity index (χ4v) is 1.60. The van der Waals surface area contributed by atoms with Crippen LogP contribution in [-0.2, 0) is 9.59 Å². The fourth-order valence-electron chi connectivity index (χ4n) is 1.60. The summed E-state index contributed by atoms with van der Waals surface area (Å²) >= 11 is 0. The normalized spacial score (nSPS) is 19.2. The zero-order valence-corrected chi connectivity index (χ0v) is 11.4. The van der Waals surface area contributed by atoms with E-state index in [9.17, 15) is 9.59 Å². The number of halogens is 2. The lowest BCUT2D eigenvalue weighted by molar-refractivity contribution is -0.144. The topological polar surface area (TPSA) is 52.7 Å². The van der Waals surface area contributed by atoms with Crippen LogP contribution >= 0.6 is 24.8 Å². The third-order valence-electron chi connectivity index (χ3n) is 2.37. The van der Waals surface area contributed by atoms with E-state index in [-0.39, 0.29) is 42.7 Å². The number of nitrogens with one attached hydrogen (secondary N) is 1. The first-order chi connectivity index (χ1) is 6.54. The lowest BCUT2D eigenvalue weighted by Gasteiger charge is -2.35. The molecule has 1 saturated heterocycles. The van der Waals surface area contributed by atoms with Gasteiger partial charge >= 0.3 is 0 Å². The molecule has 1 heterocycles. The van der Waals surface area contributed by atoms with Crippen molar-refractivity contribution in [3.8, 4) is 0 Å². The molecule has 0 aromatic rings.